The average molecular weight is 382 g/mol. The fourth-order valence-corrected chi connectivity index (χ4v) is 4.54. The summed E-state index contributed by atoms with van der Waals surface area (Å²) < 4.78 is 0. The Labute approximate surface area is 167 Å². The van der Waals surface area contributed by atoms with E-state index in [1.165, 1.54) is 12.1 Å². The van der Waals surface area contributed by atoms with Crippen molar-refractivity contribution in [2.75, 3.05) is 0 Å². The molecule has 0 unspecified atom stereocenters. The molecule has 0 spiro atoms. The zero-order valence-corrected chi connectivity index (χ0v) is 15.4. The van der Waals surface area contributed by atoms with E-state index >= 15 is 0 Å². The molecule has 4 aromatic rings. The van der Waals surface area contributed by atoms with E-state index in [9.17, 15) is 20.4 Å². The lowest BCUT2D eigenvalue weighted by molar-refractivity contribution is 0.401. The van der Waals surface area contributed by atoms with E-state index in [4.69, 9.17) is 0 Å². The topological polar surface area (TPSA) is 80.9 Å². The largest absolute Gasteiger partial charge is 0.504 e. The van der Waals surface area contributed by atoms with Crippen molar-refractivity contribution in [3.8, 4) is 34.1 Å². The van der Waals surface area contributed by atoms with Crippen molar-refractivity contribution in [3.63, 3.8) is 0 Å². The summed E-state index contributed by atoms with van der Waals surface area (Å²) in [5.41, 5.74) is 4.77. The van der Waals surface area contributed by atoms with E-state index in [0.29, 0.717) is 0 Å². The molecule has 0 aromatic heterocycles. The van der Waals surface area contributed by atoms with Gasteiger partial charge in [-0.25, -0.2) is 0 Å². The number of hydrogen-bond acceptors (Lipinski definition) is 4. The Morgan fingerprint density at radius 2 is 0.862 bits per heavy atom. The maximum Gasteiger partial charge on any atom is 0.157 e. The SMILES string of the molecule is Oc1ccc(C2(c3ccc(O)c(O)c3)c3ccccc3-c3ccccc32)cc1O. The Bertz CT molecular complexity index is 1160. The first-order chi connectivity index (χ1) is 14.0. The number of hydrogen-bond donors (Lipinski definition) is 4. The average Bonchev–Trinajstić information content (AvgIpc) is 3.04. The first-order valence-corrected chi connectivity index (χ1v) is 9.28. The summed E-state index contributed by atoms with van der Waals surface area (Å²) in [6.45, 7) is 0. The first-order valence-electron chi connectivity index (χ1n) is 9.28. The van der Waals surface area contributed by atoms with Gasteiger partial charge in [0.05, 0.1) is 5.41 Å². The molecule has 142 valence electrons. The molecule has 0 saturated carbocycles. The maximum absolute atomic E-state index is 10.3. The number of rotatable bonds is 2. The molecule has 29 heavy (non-hydrogen) atoms. The molecule has 5 rings (SSSR count). The van der Waals surface area contributed by atoms with Gasteiger partial charge in [-0.3, -0.25) is 0 Å². The van der Waals surface area contributed by atoms with Crippen LogP contribution in [0.3, 0.4) is 0 Å². The summed E-state index contributed by atoms with van der Waals surface area (Å²) in [4.78, 5) is 0. The van der Waals surface area contributed by atoms with Gasteiger partial charge in [-0.05, 0) is 57.6 Å². The van der Waals surface area contributed by atoms with Gasteiger partial charge >= 0.3 is 0 Å². The molecular weight excluding hydrogens is 364 g/mol. The zero-order chi connectivity index (χ0) is 20.2. The van der Waals surface area contributed by atoms with Gasteiger partial charge in [0.1, 0.15) is 0 Å². The number of phenolic OH excluding ortho intramolecular Hbond substituents is 4. The zero-order valence-electron chi connectivity index (χ0n) is 15.4. The Kier molecular flexibility index (Phi) is 3.58. The van der Waals surface area contributed by atoms with Crippen LogP contribution in [0.2, 0.25) is 0 Å². The third-order valence-corrected chi connectivity index (χ3v) is 5.77. The highest BCUT2D eigenvalue weighted by atomic mass is 16.3. The van der Waals surface area contributed by atoms with Crippen LogP contribution in [0.4, 0.5) is 0 Å². The second-order valence-corrected chi connectivity index (χ2v) is 7.25. The Morgan fingerprint density at radius 1 is 0.448 bits per heavy atom. The predicted octanol–water partition coefficient (Wildman–Crippen LogP) is 4.87. The van der Waals surface area contributed by atoms with E-state index in [1.807, 2.05) is 36.4 Å². The summed E-state index contributed by atoms with van der Waals surface area (Å²) in [6.07, 6.45) is 0. The van der Waals surface area contributed by atoms with Crippen LogP contribution in [-0.4, -0.2) is 20.4 Å². The molecule has 4 N–H and O–H groups in total. The molecule has 1 aliphatic rings. The minimum atomic E-state index is -0.830. The number of phenols is 4. The summed E-state index contributed by atoms with van der Waals surface area (Å²) in [5.74, 6) is -0.826. The fourth-order valence-electron chi connectivity index (χ4n) is 4.54. The molecule has 4 heteroatoms. The molecule has 0 fully saturated rings. The predicted molar refractivity (Wildman–Crippen MR) is 110 cm³/mol. The van der Waals surface area contributed by atoms with Crippen molar-refractivity contribution in [2.24, 2.45) is 0 Å². The third-order valence-electron chi connectivity index (χ3n) is 5.77. The number of aromatic hydroxyl groups is 4. The number of fused-ring (bicyclic) bond motifs is 3. The second-order valence-electron chi connectivity index (χ2n) is 7.25. The quantitative estimate of drug-likeness (QED) is 0.328. The number of benzene rings is 4. The van der Waals surface area contributed by atoms with Crippen molar-refractivity contribution < 1.29 is 20.4 Å². The molecule has 0 atom stereocenters. The van der Waals surface area contributed by atoms with E-state index in [-0.39, 0.29) is 23.0 Å². The standard InChI is InChI=1S/C25H18O4/c26-21-11-9-15(13-23(21)28)25(16-10-12-22(27)24(29)14-16)19-7-3-1-5-17(19)18-6-2-4-8-20(18)25/h1-14,26-29H. The Morgan fingerprint density at radius 3 is 1.28 bits per heavy atom. The molecule has 0 bridgehead atoms. The van der Waals surface area contributed by atoms with Crippen molar-refractivity contribution in [1.29, 1.82) is 0 Å². The van der Waals surface area contributed by atoms with Gasteiger partial charge < -0.3 is 20.4 Å². The van der Waals surface area contributed by atoms with Crippen LogP contribution in [0.1, 0.15) is 22.3 Å². The Balaban J connectivity index is 1.97. The molecule has 4 nitrogen and oxygen atoms in total. The van der Waals surface area contributed by atoms with E-state index in [1.54, 1.807) is 24.3 Å². The van der Waals surface area contributed by atoms with Gasteiger partial charge in [-0.1, -0.05) is 60.7 Å². The van der Waals surface area contributed by atoms with Crippen LogP contribution >= 0.6 is 0 Å². The smallest absolute Gasteiger partial charge is 0.157 e. The molecule has 0 amide bonds. The van der Waals surface area contributed by atoms with Crippen LogP contribution in [0.25, 0.3) is 11.1 Å². The molecule has 0 saturated heterocycles. The molecule has 0 aliphatic heterocycles. The van der Waals surface area contributed by atoms with E-state index in [2.05, 4.69) is 12.1 Å². The molecule has 0 heterocycles. The van der Waals surface area contributed by atoms with E-state index in [0.717, 1.165) is 33.4 Å². The van der Waals surface area contributed by atoms with E-state index < -0.39 is 5.41 Å². The van der Waals surface area contributed by atoms with Gasteiger partial charge in [0.25, 0.3) is 0 Å². The maximum atomic E-state index is 10.3. The molecule has 1 aliphatic carbocycles. The fraction of sp³-hybridized carbons (Fsp3) is 0.0400. The van der Waals surface area contributed by atoms with Crippen molar-refractivity contribution in [2.45, 2.75) is 5.41 Å². The molecule has 4 aromatic carbocycles. The van der Waals surface area contributed by atoms with Crippen molar-refractivity contribution in [3.05, 3.63) is 107 Å². The Hall–Kier alpha value is -3.92. The summed E-state index contributed by atoms with van der Waals surface area (Å²) in [7, 11) is 0. The van der Waals surface area contributed by atoms with Crippen molar-refractivity contribution in [1.82, 2.24) is 0 Å². The lowest BCUT2D eigenvalue weighted by Crippen LogP contribution is -2.28. The van der Waals surface area contributed by atoms with Crippen LogP contribution < -0.4 is 0 Å². The molecule has 0 radical (unpaired) electrons. The highest BCUT2D eigenvalue weighted by Crippen LogP contribution is 2.57. The highest BCUT2D eigenvalue weighted by molar-refractivity contribution is 5.86. The second kappa shape index (κ2) is 6.04. The summed E-state index contributed by atoms with van der Waals surface area (Å²) in [6, 6.07) is 25.6. The third kappa shape index (κ3) is 2.26. The van der Waals surface area contributed by atoms with Gasteiger partial charge in [-0.2, -0.15) is 0 Å². The van der Waals surface area contributed by atoms with Crippen LogP contribution in [0.15, 0.2) is 84.9 Å². The monoisotopic (exact) mass is 382 g/mol. The van der Waals surface area contributed by atoms with Gasteiger partial charge in [0, 0.05) is 0 Å². The normalized spacial score (nSPS) is 13.7. The summed E-state index contributed by atoms with van der Waals surface area (Å²) in [5, 5.41) is 40.3. The van der Waals surface area contributed by atoms with Gasteiger partial charge in [0.2, 0.25) is 0 Å². The van der Waals surface area contributed by atoms with Gasteiger partial charge in [-0.15, -0.1) is 0 Å². The minimum Gasteiger partial charge on any atom is -0.504 e. The van der Waals surface area contributed by atoms with Crippen molar-refractivity contribution >= 4 is 0 Å². The van der Waals surface area contributed by atoms with Gasteiger partial charge in [0.15, 0.2) is 23.0 Å². The first kappa shape index (κ1) is 17.2. The highest BCUT2D eigenvalue weighted by Gasteiger charge is 2.46. The molecular formula is C25H18O4. The summed E-state index contributed by atoms with van der Waals surface area (Å²) >= 11 is 0. The van der Waals surface area contributed by atoms with Crippen LogP contribution in [0.5, 0.6) is 23.0 Å². The van der Waals surface area contributed by atoms with Crippen LogP contribution in [-0.2, 0) is 5.41 Å². The lowest BCUT2D eigenvalue weighted by atomic mass is 9.67. The minimum absolute atomic E-state index is 0.197. The lowest BCUT2D eigenvalue weighted by Gasteiger charge is -2.34. The van der Waals surface area contributed by atoms with Crippen LogP contribution in [0, 0.1) is 0 Å².